The lowest BCUT2D eigenvalue weighted by Crippen LogP contribution is -2.33. The van der Waals surface area contributed by atoms with Crippen LogP contribution in [0.25, 0.3) is 5.76 Å². The van der Waals surface area contributed by atoms with Gasteiger partial charge in [-0.25, -0.2) is 0 Å². The molecule has 2 aromatic rings. The highest BCUT2D eigenvalue weighted by atomic mass is 16.5. The van der Waals surface area contributed by atoms with Crippen LogP contribution in [0.4, 0.5) is 0 Å². The maximum atomic E-state index is 12.6. The normalized spacial score (nSPS) is 19.5. The fourth-order valence-electron chi connectivity index (χ4n) is 2.99. The van der Waals surface area contributed by atoms with Gasteiger partial charge in [0, 0.05) is 12.1 Å². The first-order chi connectivity index (χ1) is 12.5. The number of likely N-dealkylation sites (tertiary alicyclic amines) is 1. The molecule has 0 radical (unpaired) electrons. The molecular weight excluding hydrogens is 334 g/mol. The van der Waals surface area contributed by atoms with Gasteiger partial charge in [-0.2, -0.15) is 0 Å². The van der Waals surface area contributed by atoms with Crippen LogP contribution in [-0.2, 0) is 14.3 Å². The lowest BCUT2D eigenvalue weighted by Gasteiger charge is -2.23. The van der Waals surface area contributed by atoms with Crippen molar-refractivity contribution in [2.24, 2.45) is 0 Å². The van der Waals surface area contributed by atoms with Crippen molar-refractivity contribution in [3.63, 3.8) is 0 Å². The predicted molar refractivity (Wildman–Crippen MR) is 95.2 cm³/mol. The zero-order chi connectivity index (χ0) is 18.7. The van der Waals surface area contributed by atoms with Crippen LogP contribution < -0.4 is 0 Å². The molecule has 136 valence electrons. The summed E-state index contributed by atoms with van der Waals surface area (Å²) >= 11 is 0. The highest BCUT2D eigenvalue weighted by Gasteiger charge is 2.47. The molecule has 1 fully saturated rings. The number of carbonyl (C=O) groups is 2. The molecule has 1 saturated heterocycles. The third-order valence-electron chi connectivity index (χ3n) is 4.18. The third kappa shape index (κ3) is 3.41. The molecule has 1 atom stereocenters. The van der Waals surface area contributed by atoms with Crippen LogP contribution in [-0.4, -0.2) is 41.0 Å². The summed E-state index contributed by atoms with van der Waals surface area (Å²) in [7, 11) is 0. The van der Waals surface area contributed by atoms with Crippen molar-refractivity contribution in [1.82, 2.24) is 4.90 Å². The Bertz CT molecular complexity index is 808. The molecule has 1 unspecified atom stereocenters. The first kappa shape index (κ1) is 17.9. The monoisotopic (exact) mass is 355 g/mol. The van der Waals surface area contributed by atoms with E-state index in [0.717, 1.165) is 0 Å². The van der Waals surface area contributed by atoms with E-state index >= 15 is 0 Å². The summed E-state index contributed by atoms with van der Waals surface area (Å²) in [6, 6.07) is 11.3. The molecule has 26 heavy (non-hydrogen) atoms. The highest BCUT2D eigenvalue weighted by Crippen LogP contribution is 2.39. The molecule has 2 heterocycles. The summed E-state index contributed by atoms with van der Waals surface area (Å²) in [6.07, 6.45) is 1.49. The summed E-state index contributed by atoms with van der Waals surface area (Å²) < 4.78 is 11.0. The summed E-state index contributed by atoms with van der Waals surface area (Å²) in [5.74, 6) is -1.18. The molecule has 0 saturated carbocycles. The number of ether oxygens (including phenoxy) is 1. The van der Waals surface area contributed by atoms with Crippen LogP contribution in [0.15, 0.2) is 58.7 Å². The molecule has 1 aromatic carbocycles. The van der Waals surface area contributed by atoms with E-state index in [-0.39, 0.29) is 30.6 Å². The Kier molecular flexibility index (Phi) is 5.23. The lowest BCUT2D eigenvalue weighted by atomic mass is 9.99. The summed E-state index contributed by atoms with van der Waals surface area (Å²) in [5, 5.41) is 10.7. The molecule has 0 aliphatic carbocycles. The molecule has 1 amide bonds. The minimum absolute atomic E-state index is 0.0122. The molecule has 0 bridgehead atoms. The van der Waals surface area contributed by atoms with Crippen LogP contribution in [0.5, 0.6) is 0 Å². The van der Waals surface area contributed by atoms with Gasteiger partial charge in [0.2, 0.25) is 0 Å². The predicted octanol–water partition coefficient (Wildman–Crippen LogP) is 3.13. The first-order valence-electron chi connectivity index (χ1n) is 8.49. The lowest BCUT2D eigenvalue weighted by molar-refractivity contribution is -0.140. The van der Waals surface area contributed by atoms with Gasteiger partial charge in [-0.15, -0.1) is 0 Å². The second kappa shape index (κ2) is 7.58. The third-order valence-corrected chi connectivity index (χ3v) is 4.18. The topological polar surface area (TPSA) is 80.0 Å². The van der Waals surface area contributed by atoms with Crippen molar-refractivity contribution in [2.45, 2.75) is 26.0 Å². The van der Waals surface area contributed by atoms with Gasteiger partial charge in [0.1, 0.15) is 17.6 Å². The zero-order valence-electron chi connectivity index (χ0n) is 14.7. The number of aliphatic hydroxyl groups excluding tert-OH is 1. The molecule has 3 rings (SSSR count). The number of nitrogens with zero attached hydrogens (tertiary/aromatic N) is 1. The van der Waals surface area contributed by atoms with E-state index in [1.807, 2.05) is 19.9 Å². The molecule has 1 aliphatic heterocycles. The van der Waals surface area contributed by atoms with E-state index in [2.05, 4.69) is 0 Å². The second-order valence-electron chi connectivity index (χ2n) is 6.29. The Morgan fingerprint density at radius 3 is 2.54 bits per heavy atom. The number of amides is 1. The molecule has 1 aromatic heterocycles. The fourth-order valence-corrected chi connectivity index (χ4v) is 2.99. The van der Waals surface area contributed by atoms with Crippen molar-refractivity contribution in [2.75, 3.05) is 13.2 Å². The Morgan fingerprint density at radius 2 is 1.92 bits per heavy atom. The number of ketones is 1. The number of rotatable bonds is 6. The van der Waals surface area contributed by atoms with Gasteiger partial charge < -0.3 is 19.2 Å². The highest BCUT2D eigenvalue weighted by molar-refractivity contribution is 6.46. The van der Waals surface area contributed by atoms with Crippen molar-refractivity contribution in [3.8, 4) is 0 Å². The van der Waals surface area contributed by atoms with Crippen LogP contribution in [0, 0.1) is 0 Å². The number of furan rings is 1. The van der Waals surface area contributed by atoms with Gasteiger partial charge in [0.25, 0.3) is 11.7 Å². The molecule has 6 heteroatoms. The number of hydrogen-bond donors (Lipinski definition) is 1. The number of carbonyl (C=O) groups excluding carboxylic acids is 2. The minimum atomic E-state index is -0.777. The number of hydrogen-bond acceptors (Lipinski definition) is 5. The Morgan fingerprint density at radius 1 is 1.19 bits per heavy atom. The van der Waals surface area contributed by atoms with E-state index in [9.17, 15) is 14.7 Å². The maximum absolute atomic E-state index is 12.6. The van der Waals surface area contributed by atoms with Crippen LogP contribution in [0.3, 0.4) is 0 Å². The Balaban J connectivity index is 2.02. The van der Waals surface area contributed by atoms with Gasteiger partial charge in [0.05, 0.1) is 24.5 Å². The van der Waals surface area contributed by atoms with E-state index in [0.29, 0.717) is 11.3 Å². The first-order valence-corrected chi connectivity index (χ1v) is 8.49. The van der Waals surface area contributed by atoms with Crippen molar-refractivity contribution in [1.29, 1.82) is 0 Å². The van der Waals surface area contributed by atoms with Gasteiger partial charge in [-0.1, -0.05) is 30.3 Å². The number of aliphatic hydroxyl groups is 1. The smallest absolute Gasteiger partial charge is 0.295 e. The standard InChI is InChI=1S/C20H21NO5/c1-13(2)25-12-10-21-17(15-9-6-11-26-15)16(19(23)20(21)24)18(22)14-7-4-3-5-8-14/h3-9,11,13,17,22H,10,12H2,1-2H3/b18-16-. The molecule has 6 nitrogen and oxygen atoms in total. The van der Waals surface area contributed by atoms with Gasteiger partial charge in [0.15, 0.2) is 0 Å². The molecule has 0 spiro atoms. The van der Waals surface area contributed by atoms with E-state index in [1.54, 1.807) is 36.4 Å². The summed E-state index contributed by atoms with van der Waals surface area (Å²) in [5.41, 5.74) is 0.501. The van der Waals surface area contributed by atoms with E-state index < -0.39 is 17.7 Å². The zero-order valence-corrected chi connectivity index (χ0v) is 14.7. The SMILES string of the molecule is CC(C)OCCN1C(=O)C(=O)/C(=C(\O)c2ccccc2)C1c1ccco1. The molecular formula is C20H21NO5. The average Bonchev–Trinajstić information content (AvgIpc) is 3.24. The second-order valence-corrected chi connectivity index (χ2v) is 6.29. The van der Waals surface area contributed by atoms with Gasteiger partial charge in [-0.3, -0.25) is 9.59 Å². The summed E-state index contributed by atoms with van der Waals surface area (Å²) in [4.78, 5) is 26.6. The maximum Gasteiger partial charge on any atom is 0.295 e. The van der Waals surface area contributed by atoms with Crippen molar-refractivity contribution >= 4 is 17.4 Å². The number of benzene rings is 1. The summed E-state index contributed by atoms with van der Waals surface area (Å²) in [6.45, 7) is 4.30. The average molecular weight is 355 g/mol. The van der Waals surface area contributed by atoms with Crippen molar-refractivity contribution in [3.05, 3.63) is 65.6 Å². The Labute approximate surface area is 151 Å². The quantitative estimate of drug-likeness (QED) is 0.489. The van der Waals surface area contributed by atoms with E-state index in [4.69, 9.17) is 9.15 Å². The molecule has 1 N–H and O–H groups in total. The van der Waals surface area contributed by atoms with Crippen molar-refractivity contribution < 1.29 is 23.8 Å². The Hall–Kier alpha value is -2.86. The molecule has 1 aliphatic rings. The number of Topliss-reactive ketones (excluding diaryl/α,β-unsaturated/α-hetero) is 1. The van der Waals surface area contributed by atoms with Gasteiger partial charge >= 0.3 is 0 Å². The van der Waals surface area contributed by atoms with Gasteiger partial charge in [-0.05, 0) is 26.0 Å². The van der Waals surface area contributed by atoms with E-state index in [1.165, 1.54) is 11.2 Å². The fraction of sp³-hybridized carbons (Fsp3) is 0.300. The minimum Gasteiger partial charge on any atom is -0.507 e. The van der Waals surface area contributed by atoms with Crippen LogP contribution in [0.1, 0.15) is 31.2 Å². The largest absolute Gasteiger partial charge is 0.507 e. The van der Waals surface area contributed by atoms with Crippen LogP contribution in [0.2, 0.25) is 0 Å². The van der Waals surface area contributed by atoms with Crippen LogP contribution >= 0.6 is 0 Å².